The minimum Gasteiger partial charge on any atom is -0.493 e. The summed E-state index contributed by atoms with van der Waals surface area (Å²) in [5.74, 6) is 0.675. The zero-order valence-electron chi connectivity index (χ0n) is 13.9. The second-order valence-electron chi connectivity index (χ2n) is 5.50. The molecule has 0 radical (unpaired) electrons. The Morgan fingerprint density at radius 3 is 2.92 bits per heavy atom. The summed E-state index contributed by atoms with van der Waals surface area (Å²) in [5.41, 5.74) is 2.20. The molecule has 130 valence electrons. The summed E-state index contributed by atoms with van der Waals surface area (Å²) in [4.78, 5) is 23.7. The lowest BCUT2D eigenvalue weighted by Gasteiger charge is -2.09. The predicted molar refractivity (Wildman–Crippen MR) is 92.2 cm³/mol. The van der Waals surface area contributed by atoms with E-state index in [-0.39, 0.29) is 12.5 Å². The van der Waals surface area contributed by atoms with Crippen LogP contribution < -0.4 is 14.8 Å². The van der Waals surface area contributed by atoms with E-state index in [1.807, 2.05) is 12.1 Å². The number of anilines is 1. The molecule has 1 aliphatic rings. The molecule has 3 rings (SSSR count). The van der Waals surface area contributed by atoms with E-state index in [0.717, 1.165) is 17.7 Å². The van der Waals surface area contributed by atoms with Crippen LogP contribution in [0.1, 0.15) is 22.8 Å². The molecule has 2 aromatic rings. The predicted octanol–water partition coefficient (Wildman–Crippen LogP) is 2.82. The first-order chi connectivity index (χ1) is 12.2. The fraction of sp³-hybridized carbons (Fsp3) is 0.263. The summed E-state index contributed by atoms with van der Waals surface area (Å²) in [7, 11) is 0. The van der Waals surface area contributed by atoms with Crippen molar-refractivity contribution < 1.29 is 23.8 Å². The number of amides is 1. The quantitative estimate of drug-likeness (QED) is 0.818. The van der Waals surface area contributed by atoms with Crippen molar-refractivity contribution in [2.75, 3.05) is 25.1 Å². The highest BCUT2D eigenvalue weighted by molar-refractivity contribution is 6.04. The smallest absolute Gasteiger partial charge is 0.344 e. The van der Waals surface area contributed by atoms with Gasteiger partial charge in [0.05, 0.1) is 13.2 Å². The first kappa shape index (κ1) is 16.8. The SMILES string of the molecule is CCOC(=O)COc1cccc(NC(=O)c2ccc3c(c2)CCO3)c1. The molecule has 0 saturated carbocycles. The summed E-state index contributed by atoms with van der Waals surface area (Å²) < 4.78 is 15.6. The number of ether oxygens (including phenoxy) is 3. The van der Waals surface area contributed by atoms with Gasteiger partial charge in [0.2, 0.25) is 0 Å². The van der Waals surface area contributed by atoms with Crippen LogP contribution in [0, 0.1) is 0 Å². The average Bonchev–Trinajstić information content (AvgIpc) is 3.08. The molecule has 6 heteroatoms. The van der Waals surface area contributed by atoms with Crippen molar-refractivity contribution in [3.8, 4) is 11.5 Å². The van der Waals surface area contributed by atoms with Gasteiger partial charge in [-0.2, -0.15) is 0 Å². The van der Waals surface area contributed by atoms with E-state index in [9.17, 15) is 9.59 Å². The standard InChI is InChI=1S/C19H19NO5/c1-2-23-18(21)12-25-16-5-3-4-15(11-16)20-19(22)14-6-7-17-13(10-14)8-9-24-17/h3-7,10-11H,2,8-9,12H2,1H3,(H,20,22). The molecular formula is C19H19NO5. The van der Waals surface area contributed by atoms with Crippen molar-refractivity contribution in [3.63, 3.8) is 0 Å². The normalized spacial score (nSPS) is 12.0. The lowest BCUT2D eigenvalue weighted by Crippen LogP contribution is -2.15. The van der Waals surface area contributed by atoms with Crippen molar-refractivity contribution in [2.45, 2.75) is 13.3 Å². The highest BCUT2D eigenvalue weighted by Crippen LogP contribution is 2.26. The van der Waals surface area contributed by atoms with Gasteiger partial charge in [0.15, 0.2) is 6.61 Å². The van der Waals surface area contributed by atoms with Crippen molar-refractivity contribution in [1.29, 1.82) is 0 Å². The highest BCUT2D eigenvalue weighted by Gasteiger charge is 2.15. The fourth-order valence-electron chi connectivity index (χ4n) is 2.54. The maximum absolute atomic E-state index is 12.4. The molecule has 1 heterocycles. The number of carbonyl (C=O) groups is 2. The number of carbonyl (C=O) groups excluding carboxylic acids is 2. The van der Waals surface area contributed by atoms with Gasteiger partial charge >= 0.3 is 5.97 Å². The molecule has 1 amide bonds. The number of hydrogen-bond acceptors (Lipinski definition) is 5. The summed E-state index contributed by atoms with van der Waals surface area (Å²) in [6.07, 6.45) is 0.813. The van der Waals surface area contributed by atoms with Crippen molar-refractivity contribution in [1.82, 2.24) is 0 Å². The van der Waals surface area contributed by atoms with Gasteiger partial charge in [-0.15, -0.1) is 0 Å². The lowest BCUT2D eigenvalue weighted by atomic mass is 10.1. The van der Waals surface area contributed by atoms with Gasteiger partial charge in [0, 0.05) is 23.7 Å². The van der Waals surface area contributed by atoms with Crippen LogP contribution in [0.2, 0.25) is 0 Å². The Kier molecular flexibility index (Phi) is 5.18. The summed E-state index contributed by atoms with van der Waals surface area (Å²) in [6.45, 7) is 2.53. The second-order valence-corrected chi connectivity index (χ2v) is 5.50. The van der Waals surface area contributed by atoms with Crippen LogP contribution in [0.5, 0.6) is 11.5 Å². The number of esters is 1. The third-order valence-corrected chi connectivity index (χ3v) is 3.71. The third-order valence-electron chi connectivity index (χ3n) is 3.71. The van der Waals surface area contributed by atoms with Gasteiger partial charge in [-0.1, -0.05) is 6.07 Å². The Labute approximate surface area is 145 Å². The molecular weight excluding hydrogens is 322 g/mol. The monoisotopic (exact) mass is 341 g/mol. The molecule has 2 aromatic carbocycles. The summed E-state index contributed by atoms with van der Waals surface area (Å²) in [6, 6.07) is 12.3. The Morgan fingerprint density at radius 1 is 1.20 bits per heavy atom. The third kappa shape index (κ3) is 4.29. The molecule has 0 bridgehead atoms. The largest absolute Gasteiger partial charge is 0.493 e. The summed E-state index contributed by atoms with van der Waals surface area (Å²) >= 11 is 0. The van der Waals surface area contributed by atoms with E-state index in [1.165, 1.54) is 0 Å². The number of hydrogen-bond donors (Lipinski definition) is 1. The molecule has 6 nitrogen and oxygen atoms in total. The molecule has 0 aliphatic carbocycles. The maximum Gasteiger partial charge on any atom is 0.344 e. The van der Waals surface area contributed by atoms with Gasteiger partial charge in [0.25, 0.3) is 5.91 Å². The molecule has 0 fully saturated rings. The topological polar surface area (TPSA) is 73.9 Å². The van der Waals surface area contributed by atoms with E-state index in [1.54, 1.807) is 37.3 Å². The van der Waals surface area contributed by atoms with Gasteiger partial charge in [0.1, 0.15) is 11.5 Å². The molecule has 0 aromatic heterocycles. The minimum absolute atomic E-state index is 0.171. The van der Waals surface area contributed by atoms with Crippen LogP contribution in [-0.4, -0.2) is 31.7 Å². The number of benzene rings is 2. The van der Waals surface area contributed by atoms with E-state index in [2.05, 4.69) is 5.32 Å². The van der Waals surface area contributed by atoms with Gasteiger partial charge in [-0.25, -0.2) is 4.79 Å². The van der Waals surface area contributed by atoms with Gasteiger partial charge < -0.3 is 19.5 Å². The van der Waals surface area contributed by atoms with Crippen LogP contribution in [-0.2, 0) is 16.0 Å². The van der Waals surface area contributed by atoms with Crippen LogP contribution in [0.25, 0.3) is 0 Å². The molecule has 1 aliphatic heterocycles. The molecule has 0 atom stereocenters. The Morgan fingerprint density at radius 2 is 2.08 bits per heavy atom. The van der Waals surface area contributed by atoms with Crippen molar-refractivity contribution >= 4 is 17.6 Å². The van der Waals surface area contributed by atoms with Crippen LogP contribution >= 0.6 is 0 Å². The second kappa shape index (κ2) is 7.70. The Balaban J connectivity index is 1.63. The van der Waals surface area contributed by atoms with Gasteiger partial charge in [-0.05, 0) is 42.8 Å². The first-order valence-corrected chi connectivity index (χ1v) is 8.11. The van der Waals surface area contributed by atoms with Crippen molar-refractivity contribution in [3.05, 3.63) is 53.6 Å². The van der Waals surface area contributed by atoms with E-state index >= 15 is 0 Å². The maximum atomic E-state index is 12.4. The highest BCUT2D eigenvalue weighted by atomic mass is 16.6. The number of fused-ring (bicyclic) bond motifs is 1. The lowest BCUT2D eigenvalue weighted by molar-refractivity contribution is -0.145. The van der Waals surface area contributed by atoms with Crippen LogP contribution in [0.15, 0.2) is 42.5 Å². The number of rotatable bonds is 6. The minimum atomic E-state index is -0.433. The van der Waals surface area contributed by atoms with Crippen molar-refractivity contribution in [2.24, 2.45) is 0 Å². The first-order valence-electron chi connectivity index (χ1n) is 8.11. The molecule has 0 spiro atoms. The Bertz CT molecular complexity index is 787. The van der Waals surface area contributed by atoms with Crippen LogP contribution in [0.4, 0.5) is 5.69 Å². The molecule has 0 saturated heterocycles. The zero-order valence-corrected chi connectivity index (χ0v) is 13.9. The molecule has 0 unspecified atom stereocenters. The van der Waals surface area contributed by atoms with E-state index < -0.39 is 5.97 Å². The zero-order chi connectivity index (χ0) is 17.6. The molecule has 25 heavy (non-hydrogen) atoms. The number of nitrogens with one attached hydrogen (secondary N) is 1. The Hall–Kier alpha value is -3.02. The fourth-order valence-corrected chi connectivity index (χ4v) is 2.54. The van der Waals surface area contributed by atoms with Gasteiger partial charge in [-0.3, -0.25) is 4.79 Å². The summed E-state index contributed by atoms with van der Waals surface area (Å²) in [5, 5.41) is 2.83. The van der Waals surface area contributed by atoms with E-state index in [0.29, 0.717) is 30.2 Å². The average molecular weight is 341 g/mol. The molecule has 1 N–H and O–H groups in total. The van der Waals surface area contributed by atoms with E-state index in [4.69, 9.17) is 14.2 Å². The van der Waals surface area contributed by atoms with Crippen LogP contribution in [0.3, 0.4) is 0 Å².